The average molecular weight is 266 g/mol. The van der Waals surface area contributed by atoms with Crippen LogP contribution in [0.3, 0.4) is 0 Å². The van der Waals surface area contributed by atoms with Gasteiger partial charge in [0.15, 0.2) is 0 Å². The summed E-state index contributed by atoms with van der Waals surface area (Å²) in [4.78, 5) is 0. The van der Waals surface area contributed by atoms with Crippen molar-refractivity contribution in [1.29, 1.82) is 0 Å². The molecule has 0 bridgehead atoms. The normalized spacial score (nSPS) is 24.4. The lowest BCUT2D eigenvalue weighted by molar-refractivity contribution is 0.414. The molecule has 1 saturated carbocycles. The molecular weight excluding hydrogens is 244 g/mol. The van der Waals surface area contributed by atoms with Crippen LogP contribution >= 0.6 is 0 Å². The van der Waals surface area contributed by atoms with Gasteiger partial charge in [0, 0.05) is 0 Å². The summed E-state index contributed by atoms with van der Waals surface area (Å²) < 4.78 is 5.20. The van der Waals surface area contributed by atoms with Crippen LogP contribution in [0.4, 0.5) is 0 Å². The third-order valence-corrected chi connectivity index (χ3v) is 4.70. The maximum atomic E-state index is 5.20. The van der Waals surface area contributed by atoms with Crippen molar-refractivity contribution in [2.75, 3.05) is 7.11 Å². The van der Waals surface area contributed by atoms with Gasteiger partial charge in [-0.05, 0) is 53.9 Å². The van der Waals surface area contributed by atoms with E-state index in [-0.39, 0.29) is 0 Å². The second kappa shape index (κ2) is 5.32. The first-order chi connectivity index (χ1) is 9.71. The second-order valence-electron chi connectivity index (χ2n) is 6.17. The largest absolute Gasteiger partial charge is 0.497 e. The van der Waals surface area contributed by atoms with E-state index in [4.69, 9.17) is 4.74 Å². The van der Waals surface area contributed by atoms with E-state index in [0.29, 0.717) is 5.41 Å². The summed E-state index contributed by atoms with van der Waals surface area (Å²) in [6.07, 6.45) is 3.75. The summed E-state index contributed by atoms with van der Waals surface area (Å²) in [6.45, 7) is 2.42. The predicted molar refractivity (Wildman–Crippen MR) is 83.2 cm³/mol. The van der Waals surface area contributed by atoms with Crippen LogP contribution in [0.2, 0.25) is 0 Å². The molecule has 0 heterocycles. The number of hydrogen-bond acceptors (Lipinski definition) is 1. The van der Waals surface area contributed by atoms with Crippen molar-refractivity contribution in [3.05, 3.63) is 65.7 Å². The minimum Gasteiger partial charge on any atom is -0.497 e. The fraction of sp³-hybridized carbons (Fsp3) is 0.368. The first-order valence-corrected chi connectivity index (χ1v) is 7.39. The van der Waals surface area contributed by atoms with Crippen LogP contribution in [-0.4, -0.2) is 7.11 Å². The van der Waals surface area contributed by atoms with Gasteiger partial charge in [-0.15, -0.1) is 0 Å². The highest BCUT2D eigenvalue weighted by molar-refractivity contribution is 5.30. The Labute approximate surface area is 121 Å². The molecule has 2 aromatic carbocycles. The molecular formula is C19H22O. The van der Waals surface area contributed by atoms with Crippen LogP contribution in [0.5, 0.6) is 5.75 Å². The zero-order valence-electron chi connectivity index (χ0n) is 12.3. The number of ether oxygens (including phenoxy) is 1. The Hall–Kier alpha value is -1.76. The van der Waals surface area contributed by atoms with Crippen LogP contribution in [0.15, 0.2) is 54.6 Å². The van der Waals surface area contributed by atoms with Gasteiger partial charge in [0.2, 0.25) is 0 Å². The van der Waals surface area contributed by atoms with E-state index in [0.717, 1.165) is 18.1 Å². The number of aryl methyl sites for hydroxylation is 1. The van der Waals surface area contributed by atoms with Crippen LogP contribution in [0, 0.1) is 5.41 Å². The Balaban J connectivity index is 1.59. The molecule has 0 N–H and O–H groups in total. The molecule has 20 heavy (non-hydrogen) atoms. The van der Waals surface area contributed by atoms with Gasteiger partial charge in [0.05, 0.1) is 7.11 Å². The van der Waals surface area contributed by atoms with E-state index in [9.17, 15) is 0 Å². The zero-order valence-corrected chi connectivity index (χ0v) is 12.3. The van der Waals surface area contributed by atoms with Crippen LogP contribution < -0.4 is 4.74 Å². The molecule has 1 aliphatic rings. The molecule has 2 atom stereocenters. The molecule has 1 nitrogen and oxygen atoms in total. The first-order valence-electron chi connectivity index (χ1n) is 7.39. The smallest absolute Gasteiger partial charge is 0.118 e. The van der Waals surface area contributed by atoms with Crippen molar-refractivity contribution in [3.63, 3.8) is 0 Å². The van der Waals surface area contributed by atoms with E-state index in [1.54, 1.807) is 7.11 Å². The Kier molecular flexibility index (Phi) is 3.52. The molecule has 0 amide bonds. The Morgan fingerprint density at radius 2 is 1.75 bits per heavy atom. The molecule has 104 valence electrons. The van der Waals surface area contributed by atoms with Gasteiger partial charge < -0.3 is 4.74 Å². The van der Waals surface area contributed by atoms with Gasteiger partial charge in [-0.1, -0.05) is 49.4 Å². The van der Waals surface area contributed by atoms with E-state index in [2.05, 4.69) is 61.5 Å². The highest BCUT2D eigenvalue weighted by atomic mass is 16.5. The highest BCUT2D eigenvalue weighted by Crippen LogP contribution is 2.61. The number of rotatable bonds is 5. The van der Waals surface area contributed by atoms with E-state index >= 15 is 0 Å². The second-order valence-corrected chi connectivity index (χ2v) is 6.17. The Morgan fingerprint density at radius 3 is 2.40 bits per heavy atom. The summed E-state index contributed by atoms with van der Waals surface area (Å²) in [6, 6.07) is 19.4. The van der Waals surface area contributed by atoms with Crippen molar-refractivity contribution in [2.24, 2.45) is 5.41 Å². The van der Waals surface area contributed by atoms with Gasteiger partial charge in [-0.3, -0.25) is 0 Å². The topological polar surface area (TPSA) is 9.23 Å². The summed E-state index contributed by atoms with van der Waals surface area (Å²) in [5.41, 5.74) is 3.40. The van der Waals surface area contributed by atoms with Gasteiger partial charge in [-0.25, -0.2) is 0 Å². The van der Waals surface area contributed by atoms with Gasteiger partial charge in [0.1, 0.15) is 5.75 Å². The molecule has 0 radical (unpaired) electrons. The molecule has 2 unspecified atom stereocenters. The average Bonchev–Trinajstić information content (AvgIpc) is 3.19. The molecule has 1 aliphatic carbocycles. The zero-order chi connectivity index (χ0) is 14.0. The third kappa shape index (κ3) is 2.72. The van der Waals surface area contributed by atoms with Crippen LogP contribution in [0.25, 0.3) is 0 Å². The predicted octanol–water partition coefficient (Wildman–Crippen LogP) is 4.82. The van der Waals surface area contributed by atoms with Crippen molar-refractivity contribution in [1.82, 2.24) is 0 Å². The summed E-state index contributed by atoms with van der Waals surface area (Å²) in [5, 5.41) is 0. The monoisotopic (exact) mass is 266 g/mol. The number of benzene rings is 2. The van der Waals surface area contributed by atoms with E-state index in [1.165, 1.54) is 24.0 Å². The molecule has 0 saturated heterocycles. The minimum absolute atomic E-state index is 0.487. The molecule has 0 aromatic heterocycles. The van der Waals surface area contributed by atoms with Crippen molar-refractivity contribution >= 4 is 0 Å². The minimum atomic E-state index is 0.487. The molecule has 1 fully saturated rings. The van der Waals surface area contributed by atoms with Gasteiger partial charge >= 0.3 is 0 Å². The fourth-order valence-electron chi connectivity index (χ4n) is 3.11. The molecule has 2 aromatic rings. The first kappa shape index (κ1) is 13.2. The van der Waals surface area contributed by atoms with Crippen molar-refractivity contribution in [2.45, 2.75) is 32.1 Å². The van der Waals surface area contributed by atoms with Gasteiger partial charge in [0.25, 0.3) is 0 Å². The van der Waals surface area contributed by atoms with Crippen LogP contribution in [-0.2, 0) is 6.42 Å². The summed E-state index contributed by atoms with van der Waals surface area (Å²) >= 11 is 0. The van der Waals surface area contributed by atoms with E-state index < -0.39 is 0 Å². The fourth-order valence-corrected chi connectivity index (χ4v) is 3.11. The lowest BCUT2D eigenvalue weighted by Gasteiger charge is -2.12. The SMILES string of the molecule is COc1ccc(CCC2(C)CC2c2ccccc2)cc1. The third-order valence-electron chi connectivity index (χ3n) is 4.70. The molecule has 0 spiro atoms. The molecule has 1 heteroatoms. The van der Waals surface area contributed by atoms with Crippen molar-refractivity contribution < 1.29 is 4.74 Å². The van der Waals surface area contributed by atoms with Crippen molar-refractivity contribution in [3.8, 4) is 5.75 Å². The highest BCUT2D eigenvalue weighted by Gasteiger charge is 2.49. The standard InChI is InChI=1S/C19H22O/c1-19(14-18(19)16-6-4-3-5-7-16)13-12-15-8-10-17(20-2)11-9-15/h3-11,18H,12-14H2,1-2H3. The van der Waals surface area contributed by atoms with E-state index in [1.807, 2.05) is 0 Å². The number of hydrogen-bond donors (Lipinski definition) is 0. The Bertz CT molecular complexity index is 558. The molecule has 3 rings (SSSR count). The maximum absolute atomic E-state index is 5.20. The maximum Gasteiger partial charge on any atom is 0.118 e. The summed E-state index contributed by atoms with van der Waals surface area (Å²) in [5.74, 6) is 1.69. The number of methoxy groups -OCH3 is 1. The Morgan fingerprint density at radius 1 is 1.05 bits per heavy atom. The lowest BCUT2D eigenvalue weighted by Crippen LogP contribution is -2.00. The summed E-state index contributed by atoms with van der Waals surface area (Å²) in [7, 11) is 1.71. The van der Waals surface area contributed by atoms with Gasteiger partial charge in [-0.2, -0.15) is 0 Å². The van der Waals surface area contributed by atoms with Crippen LogP contribution in [0.1, 0.15) is 36.8 Å². The quantitative estimate of drug-likeness (QED) is 0.753. The lowest BCUT2D eigenvalue weighted by atomic mass is 9.94. The molecule has 0 aliphatic heterocycles.